The van der Waals surface area contributed by atoms with Crippen molar-refractivity contribution in [1.82, 2.24) is 0 Å². The highest BCUT2D eigenvalue weighted by atomic mass is 16.6. The van der Waals surface area contributed by atoms with Crippen molar-refractivity contribution in [1.29, 1.82) is 5.26 Å². The molecule has 96 valence electrons. The minimum atomic E-state index is -0.504. The van der Waals surface area contributed by atoms with E-state index in [1.54, 1.807) is 24.5 Å². The van der Waals surface area contributed by atoms with Gasteiger partial charge in [-0.05, 0) is 24.3 Å². The van der Waals surface area contributed by atoms with E-state index in [-0.39, 0.29) is 11.3 Å². The second-order valence-electron chi connectivity index (χ2n) is 3.86. The molecule has 1 aromatic heterocycles. The van der Waals surface area contributed by atoms with Crippen LogP contribution in [0.25, 0.3) is 0 Å². The predicted molar refractivity (Wildman–Crippen MR) is 68.7 cm³/mol. The van der Waals surface area contributed by atoms with Gasteiger partial charge in [0.25, 0.3) is 5.69 Å². The summed E-state index contributed by atoms with van der Waals surface area (Å²) in [5, 5.41) is 22.6. The van der Waals surface area contributed by atoms with E-state index in [1.807, 2.05) is 12.1 Å². The molecular formula is C13H11N3O3. The van der Waals surface area contributed by atoms with Crippen LogP contribution in [-0.4, -0.2) is 11.5 Å². The summed E-state index contributed by atoms with van der Waals surface area (Å²) in [6.45, 7) is 0.514. The second-order valence-corrected chi connectivity index (χ2v) is 3.86. The number of nitro groups is 1. The lowest BCUT2D eigenvalue weighted by Gasteiger charge is -2.06. The van der Waals surface area contributed by atoms with E-state index in [9.17, 15) is 10.1 Å². The minimum absolute atomic E-state index is 0.0986. The van der Waals surface area contributed by atoms with Crippen LogP contribution in [0.5, 0.6) is 0 Å². The molecule has 0 aliphatic carbocycles. The van der Waals surface area contributed by atoms with Crippen molar-refractivity contribution in [2.24, 2.45) is 0 Å². The summed E-state index contributed by atoms with van der Waals surface area (Å²) in [4.78, 5) is 10.4. The smallest absolute Gasteiger partial charge is 0.293 e. The van der Waals surface area contributed by atoms with E-state index in [2.05, 4.69) is 5.32 Å². The zero-order valence-corrected chi connectivity index (χ0v) is 10.00. The molecule has 2 aromatic rings. The molecule has 2 rings (SSSR count). The van der Waals surface area contributed by atoms with Crippen LogP contribution < -0.4 is 5.32 Å². The molecule has 0 aliphatic heterocycles. The third-order valence-corrected chi connectivity index (χ3v) is 2.59. The van der Waals surface area contributed by atoms with Crippen LogP contribution in [0, 0.1) is 21.4 Å². The molecule has 0 spiro atoms. The van der Waals surface area contributed by atoms with Crippen LogP contribution in [0.3, 0.4) is 0 Å². The summed E-state index contributed by atoms with van der Waals surface area (Å²) in [6, 6.07) is 9.86. The third-order valence-electron chi connectivity index (χ3n) is 2.59. The molecule has 1 N–H and O–H groups in total. The fraction of sp³-hybridized carbons (Fsp3) is 0.154. The van der Waals surface area contributed by atoms with Crippen LogP contribution in [0.15, 0.2) is 41.0 Å². The Labute approximate surface area is 109 Å². The molecule has 0 fully saturated rings. The van der Waals surface area contributed by atoms with Crippen molar-refractivity contribution in [3.63, 3.8) is 0 Å². The molecule has 0 bridgehead atoms. The number of nitrogens with zero attached hydrogens (tertiary/aromatic N) is 2. The number of nitrogens with one attached hydrogen (secondary N) is 1. The number of benzene rings is 1. The van der Waals surface area contributed by atoms with Gasteiger partial charge in [-0.2, -0.15) is 5.26 Å². The average Bonchev–Trinajstić information content (AvgIpc) is 2.92. The molecule has 6 heteroatoms. The van der Waals surface area contributed by atoms with E-state index in [4.69, 9.17) is 9.68 Å². The monoisotopic (exact) mass is 257 g/mol. The molecule has 1 heterocycles. The first-order valence-electron chi connectivity index (χ1n) is 5.65. The number of nitriles is 1. The lowest BCUT2D eigenvalue weighted by Crippen LogP contribution is -2.06. The Balaban J connectivity index is 2.07. The molecule has 0 amide bonds. The molecule has 0 atom stereocenters. The van der Waals surface area contributed by atoms with E-state index in [0.29, 0.717) is 18.7 Å². The summed E-state index contributed by atoms with van der Waals surface area (Å²) in [5.41, 5.74) is 0.567. The molecule has 0 saturated heterocycles. The SMILES string of the molecule is N#Cc1ccc(NCCc2ccco2)c([N+](=O)[O-])c1. The summed E-state index contributed by atoms with van der Waals surface area (Å²) in [7, 11) is 0. The van der Waals surface area contributed by atoms with Gasteiger partial charge in [0, 0.05) is 19.0 Å². The quantitative estimate of drug-likeness (QED) is 0.656. The van der Waals surface area contributed by atoms with E-state index >= 15 is 0 Å². The van der Waals surface area contributed by atoms with Crippen molar-refractivity contribution >= 4 is 11.4 Å². The summed E-state index contributed by atoms with van der Waals surface area (Å²) in [6.07, 6.45) is 2.21. The zero-order chi connectivity index (χ0) is 13.7. The first kappa shape index (κ1) is 12.6. The molecule has 6 nitrogen and oxygen atoms in total. The molecule has 0 saturated carbocycles. The third kappa shape index (κ3) is 3.10. The van der Waals surface area contributed by atoms with Gasteiger partial charge in [-0.25, -0.2) is 0 Å². The Kier molecular flexibility index (Phi) is 3.78. The largest absolute Gasteiger partial charge is 0.469 e. The van der Waals surface area contributed by atoms with Crippen molar-refractivity contribution in [3.8, 4) is 6.07 Å². The Bertz CT molecular complexity index is 615. The number of hydrogen-bond donors (Lipinski definition) is 1. The number of nitro benzene ring substituents is 1. The lowest BCUT2D eigenvalue weighted by molar-refractivity contribution is -0.384. The van der Waals surface area contributed by atoms with Crippen molar-refractivity contribution in [2.45, 2.75) is 6.42 Å². The Morgan fingerprint density at radius 2 is 2.26 bits per heavy atom. The molecule has 1 aromatic carbocycles. The Hall–Kier alpha value is -2.81. The van der Waals surface area contributed by atoms with Gasteiger partial charge in [0.1, 0.15) is 11.4 Å². The van der Waals surface area contributed by atoms with Gasteiger partial charge in [-0.15, -0.1) is 0 Å². The van der Waals surface area contributed by atoms with Crippen LogP contribution in [0.2, 0.25) is 0 Å². The summed E-state index contributed by atoms with van der Waals surface area (Å²) < 4.78 is 5.17. The number of hydrogen-bond acceptors (Lipinski definition) is 5. The van der Waals surface area contributed by atoms with Gasteiger partial charge in [0.15, 0.2) is 0 Å². The fourth-order valence-electron chi connectivity index (χ4n) is 1.68. The van der Waals surface area contributed by atoms with Gasteiger partial charge in [-0.1, -0.05) is 0 Å². The highest BCUT2D eigenvalue weighted by Crippen LogP contribution is 2.25. The molecular weight excluding hydrogens is 246 g/mol. The van der Waals surface area contributed by atoms with Crippen LogP contribution in [-0.2, 0) is 6.42 Å². The van der Waals surface area contributed by atoms with Gasteiger partial charge < -0.3 is 9.73 Å². The minimum Gasteiger partial charge on any atom is -0.469 e. The first-order valence-corrected chi connectivity index (χ1v) is 5.65. The van der Waals surface area contributed by atoms with Crippen LogP contribution in [0.4, 0.5) is 11.4 Å². The highest BCUT2D eigenvalue weighted by Gasteiger charge is 2.14. The van der Waals surface area contributed by atoms with E-state index < -0.39 is 4.92 Å². The highest BCUT2D eigenvalue weighted by molar-refractivity contribution is 5.64. The first-order chi connectivity index (χ1) is 9.20. The van der Waals surface area contributed by atoms with E-state index in [1.165, 1.54) is 6.07 Å². The summed E-state index contributed by atoms with van der Waals surface area (Å²) in [5.74, 6) is 0.809. The molecule has 0 unspecified atom stereocenters. The fourth-order valence-corrected chi connectivity index (χ4v) is 1.68. The average molecular weight is 257 g/mol. The van der Waals surface area contributed by atoms with Crippen molar-refractivity contribution < 1.29 is 9.34 Å². The van der Waals surface area contributed by atoms with Crippen molar-refractivity contribution in [2.75, 3.05) is 11.9 Å². The van der Waals surface area contributed by atoms with Crippen LogP contribution in [0.1, 0.15) is 11.3 Å². The van der Waals surface area contributed by atoms with E-state index in [0.717, 1.165) is 5.76 Å². The molecule has 19 heavy (non-hydrogen) atoms. The second kappa shape index (κ2) is 5.69. The standard InChI is InChI=1S/C13H11N3O3/c14-9-10-3-4-12(13(8-10)16(17)18)15-6-5-11-2-1-7-19-11/h1-4,7-8,15H,5-6H2. The maximum absolute atomic E-state index is 10.9. The van der Waals surface area contributed by atoms with Gasteiger partial charge in [-0.3, -0.25) is 10.1 Å². The van der Waals surface area contributed by atoms with Gasteiger partial charge in [0.2, 0.25) is 0 Å². The van der Waals surface area contributed by atoms with Crippen LogP contribution >= 0.6 is 0 Å². The predicted octanol–water partition coefficient (Wildman–Crippen LogP) is 2.71. The molecule has 0 aliphatic rings. The maximum Gasteiger partial charge on any atom is 0.293 e. The Morgan fingerprint density at radius 3 is 2.89 bits per heavy atom. The van der Waals surface area contributed by atoms with Gasteiger partial charge >= 0.3 is 0 Å². The number of furan rings is 1. The summed E-state index contributed by atoms with van der Waals surface area (Å²) >= 11 is 0. The number of anilines is 1. The normalized spacial score (nSPS) is 9.84. The topological polar surface area (TPSA) is 92.1 Å². The van der Waals surface area contributed by atoms with Gasteiger partial charge in [0.05, 0.1) is 22.8 Å². The number of rotatable bonds is 5. The zero-order valence-electron chi connectivity index (χ0n) is 10.00. The Morgan fingerprint density at radius 1 is 1.42 bits per heavy atom. The lowest BCUT2D eigenvalue weighted by atomic mass is 10.2. The maximum atomic E-state index is 10.9. The van der Waals surface area contributed by atoms with Crippen molar-refractivity contribution in [3.05, 3.63) is 58.0 Å². The molecule has 0 radical (unpaired) electrons.